The number of carbonyl (C=O) groups is 2. The molecule has 0 saturated heterocycles. The summed E-state index contributed by atoms with van der Waals surface area (Å²) in [5.74, 6) is -0.738. The molecule has 19 heteroatoms. The third-order valence-electron chi connectivity index (χ3n) is 6.65. The molecule has 0 aliphatic carbocycles. The molecule has 284 valence electrons. The molecule has 0 fully saturated rings. The highest BCUT2D eigenvalue weighted by molar-refractivity contribution is 7.22. The van der Waals surface area contributed by atoms with Gasteiger partial charge in [0.15, 0.2) is 21.6 Å². The number of unbranched alkanes of at least 4 members (excludes halogenated alkanes) is 1. The van der Waals surface area contributed by atoms with Crippen molar-refractivity contribution in [3.05, 3.63) is 41.7 Å². The zero-order chi connectivity index (χ0) is 34.0. The maximum absolute atomic E-state index is 12.3. The highest BCUT2D eigenvalue weighted by Gasteiger charge is 2.17. The average molecular weight is 747 g/mol. The van der Waals surface area contributed by atoms with Crippen molar-refractivity contribution in [3.63, 3.8) is 0 Å². The monoisotopic (exact) mass is 746 g/mol. The van der Waals surface area contributed by atoms with E-state index in [4.69, 9.17) is 26.0 Å². The van der Waals surface area contributed by atoms with Crippen LogP contribution in [0, 0.1) is 0 Å². The van der Waals surface area contributed by atoms with E-state index < -0.39 is 28.5 Å². The molecule has 0 aromatic carbocycles. The highest BCUT2D eigenvalue weighted by atomic mass is 32.1. The lowest BCUT2D eigenvalue weighted by Crippen LogP contribution is -2.38. The maximum atomic E-state index is 12.3. The van der Waals surface area contributed by atoms with Gasteiger partial charge in [-0.15, -0.1) is 0 Å². The largest absolute Gasteiger partial charge is 0.466 e. The number of esters is 2. The van der Waals surface area contributed by atoms with Crippen molar-refractivity contribution in [3.8, 4) is 0 Å². The van der Waals surface area contributed by atoms with E-state index in [1.54, 1.807) is 7.05 Å². The lowest BCUT2D eigenvalue weighted by Gasteiger charge is -2.07. The molecule has 0 aliphatic heterocycles. The van der Waals surface area contributed by atoms with Gasteiger partial charge in [-0.05, 0) is 19.3 Å². The Labute approximate surface area is 299 Å². The van der Waals surface area contributed by atoms with Crippen molar-refractivity contribution in [1.29, 1.82) is 0 Å². The van der Waals surface area contributed by atoms with E-state index in [0.717, 1.165) is 44.6 Å². The minimum absolute atomic E-state index is 0. The van der Waals surface area contributed by atoms with Crippen molar-refractivity contribution in [1.82, 2.24) is 28.2 Å². The van der Waals surface area contributed by atoms with E-state index >= 15 is 0 Å². The van der Waals surface area contributed by atoms with Gasteiger partial charge < -0.3 is 26.0 Å². The number of ether oxygens (including phenoxy) is 2. The first-order valence-corrected chi connectivity index (χ1v) is 16.2. The molecular weight excluding hydrogens is 693 g/mol. The number of nitrogen functional groups attached to an aromatic ring is 2. The van der Waals surface area contributed by atoms with Gasteiger partial charge in [0.1, 0.15) is 9.40 Å². The van der Waals surface area contributed by atoms with Crippen LogP contribution in [-0.4, -0.2) is 65.1 Å². The standard InChI is InChI=1S/C14H20N4O4S.C13H18N4O5S.4CH4/c1-3-4-8-22-9(19)6-5-7-18-12(20)10-11(16-13(15)23-10)17(2)14(18)21;1-16-10-9(23-12(14)15-10)11(20)17(13(16)21)5-2-4-8(19)22-7-3-6-18;;;;/h3-8H2,1-2H3,(H2,15,16);18H,2-7H2,1H3,(H2,14,15);4*1H4. The van der Waals surface area contributed by atoms with Crippen molar-refractivity contribution in [2.45, 2.75) is 94.7 Å². The zero-order valence-electron chi connectivity index (χ0n) is 25.9. The Kier molecular flexibility index (Phi) is 21.4. The number of anilines is 2. The van der Waals surface area contributed by atoms with Crippen LogP contribution in [0.4, 0.5) is 10.3 Å². The van der Waals surface area contributed by atoms with Crippen LogP contribution in [0.2, 0.25) is 0 Å². The first-order chi connectivity index (χ1) is 21.9. The fraction of sp³-hybridized carbons (Fsp3) is 0.613. The second-order valence-corrected chi connectivity index (χ2v) is 12.1. The second-order valence-electron chi connectivity index (χ2n) is 10.1. The van der Waals surface area contributed by atoms with Gasteiger partial charge in [-0.25, -0.2) is 19.6 Å². The summed E-state index contributed by atoms with van der Waals surface area (Å²) in [4.78, 5) is 80.1. The Hall–Kier alpha value is -4.36. The molecule has 0 unspecified atom stereocenters. The quantitative estimate of drug-likeness (QED) is 0.124. The number of nitrogens with zero attached hydrogens (tertiary/aromatic N) is 6. The molecule has 0 amide bonds. The van der Waals surface area contributed by atoms with Gasteiger partial charge in [0.2, 0.25) is 0 Å². The lowest BCUT2D eigenvalue weighted by atomic mass is 10.3. The van der Waals surface area contributed by atoms with Gasteiger partial charge in [0.05, 0.1) is 13.2 Å². The van der Waals surface area contributed by atoms with Gasteiger partial charge in [-0.3, -0.25) is 37.4 Å². The van der Waals surface area contributed by atoms with Crippen molar-refractivity contribution in [2.24, 2.45) is 14.1 Å². The summed E-state index contributed by atoms with van der Waals surface area (Å²) in [6.07, 6.45) is 3.08. The summed E-state index contributed by atoms with van der Waals surface area (Å²) in [6.45, 7) is 2.79. The predicted molar refractivity (Wildman–Crippen MR) is 201 cm³/mol. The second kappa shape index (κ2) is 22.4. The van der Waals surface area contributed by atoms with Crippen LogP contribution >= 0.6 is 22.7 Å². The molecule has 4 rings (SSSR count). The Morgan fingerprint density at radius 1 is 0.700 bits per heavy atom. The first-order valence-electron chi connectivity index (χ1n) is 14.5. The van der Waals surface area contributed by atoms with Crippen LogP contribution in [0.3, 0.4) is 0 Å². The lowest BCUT2D eigenvalue weighted by molar-refractivity contribution is -0.144. The zero-order valence-corrected chi connectivity index (χ0v) is 27.5. The van der Waals surface area contributed by atoms with Crippen molar-refractivity contribution in [2.75, 3.05) is 31.3 Å². The molecular formula is C31H54N8O9S2. The molecule has 0 bridgehead atoms. The number of hydrogen-bond acceptors (Lipinski definition) is 15. The van der Waals surface area contributed by atoms with Crippen LogP contribution < -0.4 is 34.0 Å². The van der Waals surface area contributed by atoms with E-state index in [0.29, 0.717) is 35.3 Å². The number of fused-ring (bicyclic) bond motifs is 2. The van der Waals surface area contributed by atoms with Crippen molar-refractivity contribution < 1.29 is 24.2 Å². The highest BCUT2D eigenvalue weighted by Crippen LogP contribution is 2.19. The normalized spacial score (nSPS) is 10.2. The molecule has 0 saturated carbocycles. The molecule has 4 aromatic rings. The molecule has 5 N–H and O–H groups in total. The summed E-state index contributed by atoms with van der Waals surface area (Å²) in [5.41, 5.74) is 9.92. The number of carbonyl (C=O) groups excluding carboxylic acids is 2. The molecule has 0 radical (unpaired) electrons. The SMILES string of the molecule is C.C.C.C.CCCCOC(=O)CCCn1c(=O)c2sc(N)nc2n(C)c1=O.Cn1c(=O)n(CCCC(=O)OCCCO)c(=O)c2sc(N)nc21. The molecule has 0 spiro atoms. The number of aromatic nitrogens is 6. The minimum Gasteiger partial charge on any atom is -0.466 e. The summed E-state index contributed by atoms with van der Waals surface area (Å²) >= 11 is 2.08. The number of rotatable bonds is 14. The van der Waals surface area contributed by atoms with Gasteiger partial charge in [0.25, 0.3) is 11.1 Å². The maximum Gasteiger partial charge on any atom is 0.332 e. The summed E-state index contributed by atoms with van der Waals surface area (Å²) in [7, 11) is 3.06. The fourth-order valence-electron chi connectivity index (χ4n) is 4.23. The van der Waals surface area contributed by atoms with Gasteiger partial charge in [-0.2, -0.15) is 0 Å². The Balaban J connectivity index is 0. The van der Waals surface area contributed by atoms with E-state index in [1.165, 1.54) is 16.2 Å². The number of aliphatic hydroxyl groups is 1. The van der Waals surface area contributed by atoms with Gasteiger partial charge >= 0.3 is 23.3 Å². The molecule has 17 nitrogen and oxygen atoms in total. The molecule has 0 atom stereocenters. The van der Waals surface area contributed by atoms with Crippen LogP contribution in [0.1, 0.15) is 81.6 Å². The minimum atomic E-state index is -0.499. The Morgan fingerprint density at radius 3 is 1.44 bits per heavy atom. The van der Waals surface area contributed by atoms with Crippen LogP contribution in [0.15, 0.2) is 19.2 Å². The number of aryl methyl sites for hydroxylation is 2. The van der Waals surface area contributed by atoms with Crippen molar-refractivity contribution >= 4 is 65.6 Å². The number of hydrogen-bond donors (Lipinski definition) is 3. The third-order valence-corrected chi connectivity index (χ3v) is 8.38. The fourth-order valence-corrected chi connectivity index (χ4v) is 5.86. The number of thiazole rings is 2. The van der Waals surface area contributed by atoms with E-state index in [-0.39, 0.29) is 96.4 Å². The molecule has 50 heavy (non-hydrogen) atoms. The Morgan fingerprint density at radius 2 is 1.08 bits per heavy atom. The third kappa shape index (κ3) is 11.9. The smallest absolute Gasteiger partial charge is 0.332 e. The summed E-state index contributed by atoms with van der Waals surface area (Å²) in [6, 6.07) is 0. The summed E-state index contributed by atoms with van der Waals surface area (Å²) in [5, 5.41) is 9.06. The van der Waals surface area contributed by atoms with Gasteiger partial charge in [0, 0.05) is 53.1 Å². The summed E-state index contributed by atoms with van der Waals surface area (Å²) < 4.78 is 15.3. The van der Waals surface area contributed by atoms with Crippen LogP contribution in [0.25, 0.3) is 20.7 Å². The Bertz CT molecular complexity index is 1780. The van der Waals surface area contributed by atoms with E-state index in [9.17, 15) is 28.8 Å². The molecule has 4 aromatic heterocycles. The van der Waals surface area contributed by atoms with Crippen LogP contribution in [-0.2, 0) is 46.2 Å². The topological polar surface area (TPSA) is 239 Å². The van der Waals surface area contributed by atoms with E-state index in [1.807, 2.05) is 6.92 Å². The number of nitrogens with two attached hydrogens (primary N) is 2. The van der Waals surface area contributed by atoms with Crippen LogP contribution in [0.5, 0.6) is 0 Å². The number of aliphatic hydroxyl groups excluding tert-OH is 1. The first kappa shape index (κ1) is 47.8. The predicted octanol–water partition coefficient (Wildman–Crippen LogP) is 2.85. The average Bonchev–Trinajstić information content (AvgIpc) is 3.62. The van der Waals surface area contributed by atoms with E-state index in [2.05, 4.69) is 9.97 Å². The molecule has 4 heterocycles. The molecule has 0 aliphatic rings. The van der Waals surface area contributed by atoms with Gasteiger partial charge in [-0.1, -0.05) is 65.7 Å².